The van der Waals surface area contributed by atoms with E-state index in [0.29, 0.717) is 10.6 Å². The summed E-state index contributed by atoms with van der Waals surface area (Å²) >= 11 is 5.89. The number of sulfonamides is 1. The molecule has 0 radical (unpaired) electrons. The third-order valence-corrected chi connectivity index (χ3v) is 4.18. The van der Waals surface area contributed by atoms with Gasteiger partial charge >= 0.3 is 0 Å². The average molecular weight is 313 g/mol. The van der Waals surface area contributed by atoms with Crippen LogP contribution in [0, 0.1) is 6.92 Å². The van der Waals surface area contributed by atoms with E-state index in [4.69, 9.17) is 17.3 Å². The zero-order valence-electron chi connectivity index (χ0n) is 10.5. The molecule has 0 saturated carbocycles. The SMILES string of the molecule is Cc1c(Cl)cccc1S(=O)(=O)NCC(C)(C)N.Cl. The number of nitrogens with two attached hydrogens (primary N) is 1. The lowest BCUT2D eigenvalue weighted by molar-refractivity contribution is 0.497. The number of hydrogen-bond donors (Lipinski definition) is 2. The summed E-state index contributed by atoms with van der Waals surface area (Å²) in [6, 6.07) is 4.79. The van der Waals surface area contributed by atoms with E-state index in [9.17, 15) is 8.42 Å². The number of rotatable bonds is 4. The Morgan fingerprint density at radius 2 is 1.94 bits per heavy atom. The van der Waals surface area contributed by atoms with Crippen molar-refractivity contribution >= 4 is 34.0 Å². The lowest BCUT2D eigenvalue weighted by Crippen LogP contribution is -2.45. The third-order valence-electron chi connectivity index (χ3n) is 2.23. The van der Waals surface area contributed by atoms with Crippen molar-refractivity contribution in [1.29, 1.82) is 0 Å². The molecule has 0 amide bonds. The van der Waals surface area contributed by atoms with Crippen LogP contribution in [0.1, 0.15) is 19.4 Å². The molecular weight excluding hydrogens is 295 g/mol. The Kier molecular flexibility index (Phi) is 6.10. The highest BCUT2D eigenvalue weighted by atomic mass is 35.5. The van der Waals surface area contributed by atoms with Crippen LogP contribution in [0.5, 0.6) is 0 Å². The van der Waals surface area contributed by atoms with E-state index < -0.39 is 15.6 Å². The van der Waals surface area contributed by atoms with Crippen LogP contribution in [0.25, 0.3) is 0 Å². The third kappa shape index (κ3) is 4.74. The van der Waals surface area contributed by atoms with Crippen LogP contribution in [-0.4, -0.2) is 20.5 Å². The normalized spacial score (nSPS) is 12.1. The molecule has 0 unspecified atom stereocenters. The molecule has 0 fully saturated rings. The molecule has 0 aromatic heterocycles. The first kappa shape index (κ1) is 17.7. The average Bonchev–Trinajstić information content (AvgIpc) is 2.18. The molecule has 4 nitrogen and oxygen atoms in total. The largest absolute Gasteiger partial charge is 0.324 e. The molecule has 0 aliphatic heterocycles. The van der Waals surface area contributed by atoms with E-state index >= 15 is 0 Å². The van der Waals surface area contributed by atoms with Crippen LogP contribution in [0.2, 0.25) is 5.02 Å². The number of benzene rings is 1. The summed E-state index contributed by atoms with van der Waals surface area (Å²) in [5, 5.41) is 0.430. The molecule has 0 aliphatic carbocycles. The van der Waals surface area contributed by atoms with Gasteiger partial charge in [-0.2, -0.15) is 0 Å². The predicted octanol–water partition coefficient (Wildman–Crippen LogP) is 2.09. The number of nitrogens with one attached hydrogen (secondary N) is 1. The second-order valence-electron chi connectivity index (χ2n) is 4.68. The van der Waals surface area contributed by atoms with Crippen LogP contribution in [0.4, 0.5) is 0 Å². The smallest absolute Gasteiger partial charge is 0.240 e. The van der Waals surface area contributed by atoms with Crippen molar-refractivity contribution in [3.8, 4) is 0 Å². The molecule has 1 aromatic carbocycles. The summed E-state index contributed by atoms with van der Waals surface area (Å²) in [5.41, 5.74) is 5.68. The highest BCUT2D eigenvalue weighted by molar-refractivity contribution is 7.89. The van der Waals surface area contributed by atoms with E-state index in [-0.39, 0.29) is 23.8 Å². The van der Waals surface area contributed by atoms with Gasteiger partial charge in [-0.3, -0.25) is 0 Å². The maximum absolute atomic E-state index is 12.0. The Balaban J connectivity index is 0.00000289. The molecule has 0 spiro atoms. The summed E-state index contributed by atoms with van der Waals surface area (Å²) in [7, 11) is -3.56. The Bertz CT molecular complexity index is 510. The van der Waals surface area contributed by atoms with Gasteiger partial charge in [-0.15, -0.1) is 12.4 Å². The molecule has 3 N–H and O–H groups in total. The highest BCUT2D eigenvalue weighted by Gasteiger charge is 2.20. The first-order valence-corrected chi connectivity index (χ1v) is 7.03. The Morgan fingerprint density at radius 3 is 2.44 bits per heavy atom. The molecule has 0 aliphatic rings. The van der Waals surface area contributed by atoms with Crippen LogP contribution >= 0.6 is 24.0 Å². The van der Waals surface area contributed by atoms with Gasteiger partial charge < -0.3 is 5.73 Å². The van der Waals surface area contributed by atoms with Crippen molar-refractivity contribution in [3.63, 3.8) is 0 Å². The van der Waals surface area contributed by atoms with Gasteiger partial charge in [0.15, 0.2) is 0 Å². The van der Waals surface area contributed by atoms with E-state index in [1.54, 1.807) is 32.9 Å². The Hall–Kier alpha value is -0.330. The van der Waals surface area contributed by atoms with Crippen LogP contribution in [0.15, 0.2) is 23.1 Å². The number of halogens is 2. The standard InChI is InChI=1S/C11H17ClN2O2S.ClH/c1-8-9(12)5-4-6-10(8)17(15,16)14-7-11(2,3)13;/h4-6,14H,7,13H2,1-3H3;1H. The molecule has 104 valence electrons. The number of hydrogen-bond acceptors (Lipinski definition) is 3. The van der Waals surface area contributed by atoms with Crippen molar-refractivity contribution in [2.45, 2.75) is 31.2 Å². The highest BCUT2D eigenvalue weighted by Crippen LogP contribution is 2.22. The minimum absolute atomic E-state index is 0. The van der Waals surface area contributed by atoms with Gasteiger partial charge in [-0.25, -0.2) is 13.1 Å². The lowest BCUT2D eigenvalue weighted by atomic mass is 10.1. The molecule has 0 saturated heterocycles. The van der Waals surface area contributed by atoms with Gasteiger partial charge in [-0.05, 0) is 38.5 Å². The van der Waals surface area contributed by atoms with E-state index in [1.807, 2.05) is 0 Å². The summed E-state index contributed by atoms with van der Waals surface area (Å²) in [4.78, 5) is 0.189. The molecule has 18 heavy (non-hydrogen) atoms. The van der Waals surface area contributed by atoms with Gasteiger partial charge in [-0.1, -0.05) is 17.7 Å². The second-order valence-corrected chi connectivity index (χ2v) is 6.82. The first-order valence-electron chi connectivity index (χ1n) is 5.17. The van der Waals surface area contributed by atoms with Crippen molar-refractivity contribution in [2.24, 2.45) is 5.73 Å². The molecule has 0 bridgehead atoms. The van der Waals surface area contributed by atoms with Crippen molar-refractivity contribution < 1.29 is 8.42 Å². The minimum Gasteiger partial charge on any atom is -0.324 e. The molecule has 0 atom stereocenters. The molecule has 1 rings (SSSR count). The first-order chi connectivity index (χ1) is 7.63. The predicted molar refractivity (Wildman–Crippen MR) is 76.9 cm³/mol. The fourth-order valence-corrected chi connectivity index (χ4v) is 2.96. The lowest BCUT2D eigenvalue weighted by Gasteiger charge is -2.19. The summed E-state index contributed by atoms with van der Waals surface area (Å²) < 4.78 is 26.5. The fourth-order valence-electron chi connectivity index (χ4n) is 1.24. The zero-order chi connectivity index (χ0) is 13.3. The van der Waals surface area contributed by atoms with E-state index in [0.717, 1.165) is 0 Å². The zero-order valence-corrected chi connectivity index (χ0v) is 12.9. The maximum Gasteiger partial charge on any atom is 0.240 e. The minimum atomic E-state index is -3.56. The van der Waals surface area contributed by atoms with Gasteiger partial charge in [0.05, 0.1) is 4.90 Å². The van der Waals surface area contributed by atoms with E-state index in [1.165, 1.54) is 6.07 Å². The topological polar surface area (TPSA) is 72.2 Å². The van der Waals surface area contributed by atoms with Crippen molar-refractivity contribution in [2.75, 3.05) is 6.54 Å². The quantitative estimate of drug-likeness (QED) is 0.894. The molecule has 7 heteroatoms. The van der Waals surface area contributed by atoms with Crippen LogP contribution < -0.4 is 10.5 Å². The van der Waals surface area contributed by atoms with Gasteiger partial charge in [0.1, 0.15) is 0 Å². The summed E-state index contributed by atoms with van der Waals surface area (Å²) in [6.07, 6.45) is 0. The Labute approximate surface area is 119 Å². The maximum atomic E-state index is 12.0. The Morgan fingerprint density at radius 1 is 1.39 bits per heavy atom. The summed E-state index contributed by atoms with van der Waals surface area (Å²) in [6.45, 7) is 5.34. The second kappa shape index (κ2) is 6.21. The van der Waals surface area contributed by atoms with Crippen molar-refractivity contribution in [1.82, 2.24) is 4.72 Å². The van der Waals surface area contributed by atoms with Gasteiger partial charge in [0.2, 0.25) is 10.0 Å². The van der Waals surface area contributed by atoms with Crippen LogP contribution in [0.3, 0.4) is 0 Å². The van der Waals surface area contributed by atoms with Gasteiger partial charge in [0.25, 0.3) is 0 Å². The molecular formula is C11H18Cl2N2O2S. The fraction of sp³-hybridized carbons (Fsp3) is 0.455. The monoisotopic (exact) mass is 312 g/mol. The summed E-state index contributed by atoms with van der Waals surface area (Å²) in [5.74, 6) is 0. The molecule has 0 heterocycles. The van der Waals surface area contributed by atoms with E-state index in [2.05, 4.69) is 4.72 Å². The van der Waals surface area contributed by atoms with Crippen molar-refractivity contribution in [3.05, 3.63) is 28.8 Å². The van der Waals surface area contributed by atoms with Gasteiger partial charge in [0, 0.05) is 17.1 Å². The van der Waals surface area contributed by atoms with Crippen LogP contribution in [-0.2, 0) is 10.0 Å². The molecule has 1 aromatic rings.